The molecule has 1 heterocycles. The number of halogens is 1. The largest absolute Gasteiger partial charge is 0.299 e. The molecule has 0 atom stereocenters. The van der Waals surface area contributed by atoms with E-state index in [-0.39, 0.29) is 0 Å². The van der Waals surface area contributed by atoms with Crippen LogP contribution in [-0.2, 0) is 0 Å². The summed E-state index contributed by atoms with van der Waals surface area (Å²) in [5.41, 5.74) is 0. The van der Waals surface area contributed by atoms with E-state index in [2.05, 4.69) is 27.4 Å². The maximum absolute atomic E-state index is 3.85. The van der Waals surface area contributed by atoms with Gasteiger partial charge in [-0.3, -0.25) is 4.90 Å². The van der Waals surface area contributed by atoms with E-state index in [1.165, 1.54) is 38.8 Å². The van der Waals surface area contributed by atoms with Gasteiger partial charge in [0.2, 0.25) is 0 Å². The van der Waals surface area contributed by atoms with Gasteiger partial charge in [0.25, 0.3) is 0 Å². The summed E-state index contributed by atoms with van der Waals surface area (Å²) in [6, 6.07) is 0. The van der Waals surface area contributed by atoms with Gasteiger partial charge in [-0.25, -0.2) is 0 Å². The molecular formula is C9H16BrN. The Morgan fingerprint density at radius 3 is 2.18 bits per heavy atom. The molecule has 0 radical (unpaired) electrons. The zero-order chi connectivity index (χ0) is 8.10. The summed E-state index contributed by atoms with van der Waals surface area (Å²) in [4.78, 5) is 2.48. The molecule has 0 spiro atoms. The van der Waals surface area contributed by atoms with Gasteiger partial charge in [-0.15, -0.1) is 0 Å². The van der Waals surface area contributed by atoms with Crippen LogP contribution in [0.4, 0.5) is 0 Å². The minimum atomic E-state index is 1.03. The van der Waals surface area contributed by atoms with Crippen molar-refractivity contribution >= 4 is 15.9 Å². The third-order valence-electron chi connectivity index (χ3n) is 2.09. The molecule has 2 heteroatoms. The second kappa shape index (κ2) is 4.94. The second-order valence-electron chi connectivity index (χ2n) is 3.21. The van der Waals surface area contributed by atoms with Gasteiger partial charge in [0.15, 0.2) is 0 Å². The number of hydrogen-bond donors (Lipinski definition) is 0. The standard InChI is InChI=1S/C9H16BrN/c1-9(10)8-11-6-4-2-3-5-7-11/h1-8H2. The van der Waals surface area contributed by atoms with Crippen molar-refractivity contribution in [3.8, 4) is 0 Å². The SMILES string of the molecule is C=C(Br)CN1CCCCCC1. The molecule has 1 aliphatic heterocycles. The normalized spacial score (nSPS) is 21.2. The number of nitrogens with zero attached hydrogens (tertiary/aromatic N) is 1. The Morgan fingerprint density at radius 1 is 1.18 bits per heavy atom. The molecule has 0 amide bonds. The second-order valence-corrected chi connectivity index (χ2v) is 4.33. The van der Waals surface area contributed by atoms with Crippen LogP contribution in [0.3, 0.4) is 0 Å². The lowest BCUT2D eigenvalue weighted by Crippen LogP contribution is -2.25. The Kier molecular flexibility index (Phi) is 4.16. The van der Waals surface area contributed by atoms with E-state index >= 15 is 0 Å². The highest BCUT2D eigenvalue weighted by Gasteiger charge is 2.08. The molecule has 1 fully saturated rings. The fourth-order valence-corrected chi connectivity index (χ4v) is 1.89. The Bertz CT molecular complexity index is 126. The van der Waals surface area contributed by atoms with Crippen LogP contribution in [0.5, 0.6) is 0 Å². The van der Waals surface area contributed by atoms with Gasteiger partial charge < -0.3 is 0 Å². The first-order valence-electron chi connectivity index (χ1n) is 4.34. The Balaban J connectivity index is 2.25. The van der Waals surface area contributed by atoms with Crippen molar-refractivity contribution in [1.29, 1.82) is 0 Å². The fraction of sp³-hybridized carbons (Fsp3) is 0.778. The topological polar surface area (TPSA) is 3.24 Å². The van der Waals surface area contributed by atoms with Gasteiger partial charge >= 0.3 is 0 Å². The monoisotopic (exact) mass is 217 g/mol. The smallest absolute Gasteiger partial charge is 0.0293 e. The summed E-state index contributed by atoms with van der Waals surface area (Å²) in [5, 5.41) is 0. The number of hydrogen-bond acceptors (Lipinski definition) is 1. The zero-order valence-electron chi connectivity index (χ0n) is 6.98. The third kappa shape index (κ3) is 3.92. The van der Waals surface area contributed by atoms with Gasteiger partial charge in [-0.1, -0.05) is 35.4 Å². The lowest BCUT2D eigenvalue weighted by Gasteiger charge is -2.18. The van der Waals surface area contributed by atoms with Crippen molar-refractivity contribution in [2.45, 2.75) is 25.7 Å². The van der Waals surface area contributed by atoms with Crippen molar-refractivity contribution in [2.75, 3.05) is 19.6 Å². The molecule has 1 aliphatic rings. The predicted molar refractivity (Wildman–Crippen MR) is 53.0 cm³/mol. The summed E-state index contributed by atoms with van der Waals surface area (Å²) >= 11 is 3.40. The summed E-state index contributed by atoms with van der Waals surface area (Å²) in [6.45, 7) is 7.39. The molecule has 1 saturated heterocycles. The Labute approximate surface area is 77.6 Å². The van der Waals surface area contributed by atoms with Gasteiger partial charge in [-0.05, 0) is 25.9 Å². The molecule has 1 rings (SSSR count). The van der Waals surface area contributed by atoms with Crippen LogP contribution in [0.15, 0.2) is 11.1 Å². The minimum Gasteiger partial charge on any atom is -0.299 e. The first-order valence-corrected chi connectivity index (χ1v) is 5.14. The van der Waals surface area contributed by atoms with Crippen molar-refractivity contribution in [3.63, 3.8) is 0 Å². The molecule has 64 valence electrons. The molecule has 11 heavy (non-hydrogen) atoms. The van der Waals surface area contributed by atoms with Crippen molar-refractivity contribution in [1.82, 2.24) is 4.90 Å². The summed E-state index contributed by atoms with van der Waals surface area (Å²) in [5.74, 6) is 0. The van der Waals surface area contributed by atoms with Crippen molar-refractivity contribution in [3.05, 3.63) is 11.1 Å². The van der Waals surface area contributed by atoms with Crippen LogP contribution in [0.1, 0.15) is 25.7 Å². The van der Waals surface area contributed by atoms with Crippen LogP contribution in [-0.4, -0.2) is 24.5 Å². The molecule has 0 aromatic heterocycles. The van der Waals surface area contributed by atoms with E-state index in [9.17, 15) is 0 Å². The summed E-state index contributed by atoms with van der Waals surface area (Å²) < 4.78 is 1.11. The molecule has 0 N–H and O–H groups in total. The summed E-state index contributed by atoms with van der Waals surface area (Å²) in [6.07, 6.45) is 5.54. The zero-order valence-corrected chi connectivity index (χ0v) is 8.57. The van der Waals surface area contributed by atoms with E-state index in [4.69, 9.17) is 0 Å². The van der Waals surface area contributed by atoms with Crippen LogP contribution in [0.25, 0.3) is 0 Å². The van der Waals surface area contributed by atoms with Crippen LogP contribution in [0.2, 0.25) is 0 Å². The molecule has 1 nitrogen and oxygen atoms in total. The molecule has 0 aliphatic carbocycles. The molecular weight excluding hydrogens is 202 g/mol. The van der Waals surface area contributed by atoms with Crippen LogP contribution >= 0.6 is 15.9 Å². The number of rotatable bonds is 2. The maximum atomic E-state index is 3.85. The molecule has 0 aromatic carbocycles. The Hall–Kier alpha value is 0.180. The number of likely N-dealkylation sites (tertiary alicyclic amines) is 1. The minimum absolute atomic E-state index is 1.03. The Morgan fingerprint density at radius 2 is 1.73 bits per heavy atom. The molecule has 0 bridgehead atoms. The fourth-order valence-electron chi connectivity index (χ4n) is 1.54. The average molecular weight is 218 g/mol. The van der Waals surface area contributed by atoms with E-state index in [0.717, 1.165) is 11.0 Å². The quantitative estimate of drug-likeness (QED) is 0.688. The van der Waals surface area contributed by atoms with Gasteiger partial charge in [-0.2, -0.15) is 0 Å². The maximum Gasteiger partial charge on any atom is 0.0293 e. The molecule has 0 aromatic rings. The highest BCUT2D eigenvalue weighted by atomic mass is 79.9. The van der Waals surface area contributed by atoms with E-state index < -0.39 is 0 Å². The average Bonchev–Trinajstić information content (AvgIpc) is 2.14. The van der Waals surface area contributed by atoms with E-state index in [1.807, 2.05) is 0 Å². The van der Waals surface area contributed by atoms with Crippen LogP contribution < -0.4 is 0 Å². The van der Waals surface area contributed by atoms with Crippen LogP contribution in [0, 0.1) is 0 Å². The van der Waals surface area contributed by atoms with Gasteiger partial charge in [0.1, 0.15) is 0 Å². The summed E-state index contributed by atoms with van der Waals surface area (Å²) in [7, 11) is 0. The third-order valence-corrected chi connectivity index (χ3v) is 2.34. The van der Waals surface area contributed by atoms with Crippen molar-refractivity contribution in [2.24, 2.45) is 0 Å². The van der Waals surface area contributed by atoms with Crippen molar-refractivity contribution < 1.29 is 0 Å². The van der Waals surface area contributed by atoms with Gasteiger partial charge in [0.05, 0.1) is 0 Å². The lowest BCUT2D eigenvalue weighted by atomic mass is 10.2. The first-order chi connectivity index (χ1) is 5.29. The highest BCUT2D eigenvalue weighted by molar-refractivity contribution is 9.11. The predicted octanol–water partition coefficient (Wildman–Crippen LogP) is 2.77. The molecule has 0 unspecified atom stereocenters. The van der Waals surface area contributed by atoms with Gasteiger partial charge in [0, 0.05) is 11.0 Å². The molecule has 0 saturated carbocycles. The van der Waals surface area contributed by atoms with E-state index in [0.29, 0.717) is 0 Å². The lowest BCUT2D eigenvalue weighted by molar-refractivity contribution is 0.314. The highest BCUT2D eigenvalue weighted by Crippen LogP contribution is 2.12. The van der Waals surface area contributed by atoms with E-state index in [1.54, 1.807) is 0 Å². The first kappa shape index (κ1) is 9.27.